The van der Waals surface area contributed by atoms with Crippen LogP contribution in [0, 0.1) is 11.3 Å². The Morgan fingerprint density at radius 3 is 2.26 bits per heavy atom. The van der Waals surface area contributed by atoms with Crippen LogP contribution in [0.4, 0.5) is 10.6 Å². The minimum absolute atomic E-state index is 0.0286. The molecule has 1 aromatic heterocycles. The lowest BCUT2D eigenvalue weighted by atomic mass is 9.84. The number of ether oxygens (including phenoxy) is 2. The fraction of sp³-hybridized carbons (Fsp3) is 0.286. The van der Waals surface area contributed by atoms with Crippen LogP contribution in [-0.2, 0) is 16.0 Å². The first kappa shape index (κ1) is 32.1. The van der Waals surface area contributed by atoms with Crippen LogP contribution in [0.1, 0.15) is 41.0 Å². The van der Waals surface area contributed by atoms with Gasteiger partial charge < -0.3 is 30.5 Å². The van der Waals surface area contributed by atoms with E-state index in [4.69, 9.17) is 14.7 Å². The van der Waals surface area contributed by atoms with Crippen LogP contribution in [-0.4, -0.2) is 65.0 Å². The molecule has 0 radical (unpaired) electrons. The van der Waals surface area contributed by atoms with Crippen molar-refractivity contribution in [3.05, 3.63) is 120 Å². The van der Waals surface area contributed by atoms with Gasteiger partial charge >= 0.3 is 6.09 Å². The van der Waals surface area contributed by atoms with E-state index in [0.717, 1.165) is 16.7 Å². The predicted octanol–water partition coefficient (Wildman–Crippen LogP) is 4.51. The highest BCUT2D eigenvalue weighted by Crippen LogP contribution is 2.29. The van der Waals surface area contributed by atoms with Gasteiger partial charge in [0.1, 0.15) is 23.9 Å². The number of nitriles is 1. The third-order valence-corrected chi connectivity index (χ3v) is 7.80. The molecule has 0 bridgehead atoms. The zero-order chi connectivity index (χ0) is 32.1. The summed E-state index contributed by atoms with van der Waals surface area (Å²) in [6, 6.07) is 26.7. The zero-order valence-corrected chi connectivity index (χ0v) is 25.2. The topological polar surface area (TPSA) is 158 Å². The summed E-state index contributed by atoms with van der Waals surface area (Å²) in [4.78, 5) is 34.2. The number of nitrogens with zero attached hydrogens (tertiary/aromatic N) is 3. The average Bonchev–Trinajstić information content (AvgIpc) is 3.09. The van der Waals surface area contributed by atoms with Crippen LogP contribution in [0.5, 0.6) is 5.75 Å². The van der Waals surface area contributed by atoms with E-state index < -0.39 is 24.0 Å². The molecule has 2 heterocycles. The molecular weight excluding hydrogens is 584 g/mol. The van der Waals surface area contributed by atoms with Crippen molar-refractivity contribution in [2.45, 2.75) is 43.4 Å². The van der Waals surface area contributed by atoms with E-state index >= 15 is 0 Å². The van der Waals surface area contributed by atoms with Gasteiger partial charge in [-0.15, -0.1) is 0 Å². The van der Waals surface area contributed by atoms with Crippen molar-refractivity contribution in [1.29, 1.82) is 5.26 Å². The Bertz CT molecular complexity index is 1570. The second-order valence-electron chi connectivity index (χ2n) is 11.0. The summed E-state index contributed by atoms with van der Waals surface area (Å²) < 4.78 is 12.2. The summed E-state index contributed by atoms with van der Waals surface area (Å²) in [6.45, 7) is 1.87. The quantitative estimate of drug-likeness (QED) is 0.169. The summed E-state index contributed by atoms with van der Waals surface area (Å²) in [5, 5.41) is 27.4. The van der Waals surface area contributed by atoms with Gasteiger partial charge in [-0.1, -0.05) is 60.7 Å². The third kappa shape index (κ3) is 8.88. The Balaban J connectivity index is 1.22. The number of carbonyl (C=O) groups excluding carboxylic acids is 1. The number of anilines is 1. The number of amides is 2. The molecule has 1 saturated heterocycles. The van der Waals surface area contributed by atoms with Crippen LogP contribution in [0.3, 0.4) is 0 Å². The third-order valence-electron chi connectivity index (χ3n) is 7.80. The SMILES string of the molecule is N#Cc1ccc(OCC[C@@H]2CNC[C@@H](CCc3cncnc3NC(=O)[C@@H](NC(=O)O)C(c3ccccc3)c3ccccc3)O2)cc1. The maximum atomic E-state index is 13.8. The van der Waals surface area contributed by atoms with Gasteiger partial charge in [0.2, 0.25) is 5.91 Å². The fourth-order valence-corrected chi connectivity index (χ4v) is 5.54. The van der Waals surface area contributed by atoms with E-state index in [1.807, 2.05) is 60.7 Å². The minimum atomic E-state index is -1.31. The lowest BCUT2D eigenvalue weighted by Crippen LogP contribution is -2.47. The summed E-state index contributed by atoms with van der Waals surface area (Å²) >= 11 is 0. The number of hydrogen-bond donors (Lipinski definition) is 4. The number of morpholine rings is 1. The van der Waals surface area contributed by atoms with Gasteiger partial charge in [-0.2, -0.15) is 5.26 Å². The van der Waals surface area contributed by atoms with Gasteiger partial charge in [0.05, 0.1) is 30.4 Å². The number of carboxylic acid groups (broad SMARTS) is 1. The molecule has 0 aliphatic carbocycles. The molecule has 0 spiro atoms. The Morgan fingerprint density at radius 1 is 0.978 bits per heavy atom. The highest BCUT2D eigenvalue weighted by molar-refractivity contribution is 5.97. The lowest BCUT2D eigenvalue weighted by molar-refractivity contribution is -0.118. The monoisotopic (exact) mass is 620 g/mol. The molecule has 11 nitrogen and oxygen atoms in total. The summed E-state index contributed by atoms with van der Waals surface area (Å²) in [5.41, 5.74) is 2.89. The molecule has 46 heavy (non-hydrogen) atoms. The fourth-order valence-electron chi connectivity index (χ4n) is 5.54. The number of hydrogen-bond acceptors (Lipinski definition) is 8. The zero-order valence-electron chi connectivity index (χ0n) is 25.2. The first-order chi connectivity index (χ1) is 22.5. The molecule has 1 aliphatic heterocycles. The molecule has 4 N–H and O–H groups in total. The van der Waals surface area contributed by atoms with Crippen molar-refractivity contribution < 1.29 is 24.2 Å². The summed E-state index contributed by atoms with van der Waals surface area (Å²) in [6.07, 6.45) is 3.50. The largest absolute Gasteiger partial charge is 0.493 e. The van der Waals surface area contributed by atoms with E-state index in [9.17, 15) is 14.7 Å². The van der Waals surface area contributed by atoms with Crippen LogP contribution < -0.4 is 20.7 Å². The van der Waals surface area contributed by atoms with Crippen molar-refractivity contribution in [3.63, 3.8) is 0 Å². The minimum Gasteiger partial charge on any atom is -0.493 e. The number of aromatic nitrogens is 2. The highest BCUT2D eigenvalue weighted by Gasteiger charge is 2.33. The first-order valence-electron chi connectivity index (χ1n) is 15.2. The second-order valence-corrected chi connectivity index (χ2v) is 11.0. The Morgan fingerprint density at radius 2 is 1.63 bits per heavy atom. The van der Waals surface area contributed by atoms with Gasteiger partial charge in [-0.05, 0) is 48.2 Å². The molecule has 3 atom stereocenters. The Labute approximate surface area is 267 Å². The van der Waals surface area contributed by atoms with E-state index in [1.165, 1.54) is 6.33 Å². The highest BCUT2D eigenvalue weighted by atomic mass is 16.5. The molecule has 2 amide bonds. The van der Waals surface area contributed by atoms with Crippen molar-refractivity contribution in [3.8, 4) is 11.8 Å². The average molecular weight is 621 g/mol. The Hall–Kier alpha value is -5.31. The molecule has 5 rings (SSSR count). The predicted molar refractivity (Wildman–Crippen MR) is 171 cm³/mol. The second kappa shape index (κ2) is 16.1. The number of carbonyl (C=O) groups is 2. The van der Waals surface area contributed by atoms with Crippen LogP contribution in [0.25, 0.3) is 0 Å². The molecule has 11 heteroatoms. The van der Waals surface area contributed by atoms with Crippen molar-refractivity contribution in [2.24, 2.45) is 0 Å². The Kier molecular flexibility index (Phi) is 11.3. The molecule has 4 aromatic rings. The number of aryl methyl sites for hydroxylation is 1. The van der Waals surface area contributed by atoms with E-state index in [-0.39, 0.29) is 12.2 Å². The van der Waals surface area contributed by atoms with E-state index in [2.05, 4.69) is 32.0 Å². The molecule has 1 fully saturated rings. The number of rotatable bonds is 13. The lowest BCUT2D eigenvalue weighted by Gasteiger charge is -2.31. The molecule has 0 saturated carbocycles. The molecular formula is C35H36N6O5. The van der Waals surface area contributed by atoms with E-state index in [0.29, 0.717) is 56.1 Å². The molecule has 3 aromatic carbocycles. The van der Waals surface area contributed by atoms with Crippen molar-refractivity contribution in [2.75, 3.05) is 25.0 Å². The van der Waals surface area contributed by atoms with Crippen LogP contribution in [0.2, 0.25) is 0 Å². The standard InChI is InChI=1S/C35H36N6O5/c36-19-24-11-14-28(15-12-24)45-18-17-30-22-37-21-29(46-30)16-13-27-20-38-23-39-33(27)41-34(42)32(40-35(43)44)31(25-7-3-1-4-8-25)26-9-5-2-6-10-26/h1-12,14-15,20,23,29-32,37,40H,13,16-18,21-22H2,(H,43,44)(H,38,39,41,42)/t29-,30-,32+/m1/s1. The van der Waals surface area contributed by atoms with Gasteiger partial charge in [0.15, 0.2) is 0 Å². The summed E-state index contributed by atoms with van der Waals surface area (Å²) in [7, 11) is 0. The van der Waals surface area contributed by atoms with E-state index in [1.54, 1.807) is 30.5 Å². The maximum Gasteiger partial charge on any atom is 0.405 e. The molecule has 236 valence electrons. The summed E-state index contributed by atoms with van der Waals surface area (Å²) in [5.74, 6) is -0.0767. The van der Waals surface area contributed by atoms with Gasteiger partial charge in [0, 0.05) is 37.2 Å². The number of benzene rings is 3. The van der Waals surface area contributed by atoms with Crippen LogP contribution in [0.15, 0.2) is 97.5 Å². The molecule has 0 unspecified atom stereocenters. The van der Waals surface area contributed by atoms with Gasteiger partial charge in [-0.3, -0.25) is 4.79 Å². The van der Waals surface area contributed by atoms with Crippen molar-refractivity contribution >= 4 is 17.8 Å². The number of nitrogens with one attached hydrogen (secondary N) is 3. The first-order valence-corrected chi connectivity index (χ1v) is 15.2. The normalized spacial score (nSPS) is 16.6. The van der Waals surface area contributed by atoms with Gasteiger partial charge in [0.25, 0.3) is 0 Å². The smallest absolute Gasteiger partial charge is 0.405 e. The maximum absolute atomic E-state index is 13.8. The van der Waals surface area contributed by atoms with Gasteiger partial charge in [-0.25, -0.2) is 14.8 Å². The molecule has 1 aliphatic rings. The van der Waals surface area contributed by atoms with Crippen molar-refractivity contribution in [1.82, 2.24) is 20.6 Å². The van der Waals surface area contributed by atoms with Crippen LogP contribution >= 0.6 is 0 Å².